The molecule has 0 radical (unpaired) electrons. The lowest BCUT2D eigenvalue weighted by molar-refractivity contribution is 0.0950. The molecule has 2 aromatic carbocycles. The minimum absolute atomic E-state index is 0.0972. The summed E-state index contributed by atoms with van der Waals surface area (Å²) in [5.41, 5.74) is 3.89. The molecule has 0 saturated carbocycles. The molecule has 3 nitrogen and oxygen atoms in total. The fourth-order valence-electron chi connectivity index (χ4n) is 2.50. The van der Waals surface area contributed by atoms with E-state index in [1.165, 1.54) is 11.1 Å². The Labute approximate surface area is 134 Å². The van der Waals surface area contributed by atoms with E-state index in [-0.39, 0.29) is 5.91 Å². The summed E-state index contributed by atoms with van der Waals surface area (Å²) in [4.78, 5) is 15.3. The Bertz CT molecular complexity index is 823. The molecule has 0 saturated heterocycles. The van der Waals surface area contributed by atoms with E-state index in [0.717, 1.165) is 17.3 Å². The minimum atomic E-state index is -0.0972. The Balaban J connectivity index is 1.63. The molecule has 0 aliphatic carbocycles. The Morgan fingerprint density at radius 2 is 2.05 bits per heavy atom. The van der Waals surface area contributed by atoms with Gasteiger partial charge in [-0.1, -0.05) is 47.5 Å². The van der Waals surface area contributed by atoms with Crippen molar-refractivity contribution >= 4 is 28.4 Å². The maximum Gasteiger partial charge on any atom is 0.267 e. The smallest absolute Gasteiger partial charge is 0.267 e. The lowest BCUT2D eigenvalue weighted by atomic mass is 10.1. The molecule has 4 heteroatoms. The summed E-state index contributed by atoms with van der Waals surface area (Å²) in [6.45, 7) is 2.68. The Morgan fingerprint density at radius 3 is 2.86 bits per heavy atom. The number of hydrogen-bond donors (Lipinski definition) is 2. The highest BCUT2D eigenvalue weighted by Crippen LogP contribution is 2.19. The van der Waals surface area contributed by atoms with E-state index in [9.17, 15) is 4.79 Å². The van der Waals surface area contributed by atoms with Gasteiger partial charge < -0.3 is 10.3 Å². The molecule has 0 atom stereocenters. The summed E-state index contributed by atoms with van der Waals surface area (Å²) >= 11 is 5.95. The number of halogens is 1. The fraction of sp³-hybridized carbons (Fsp3) is 0.167. The van der Waals surface area contributed by atoms with Crippen molar-refractivity contribution in [1.29, 1.82) is 0 Å². The molecule has 0 bridgehead atoms. The topological polar surface area (TPSA) is 44.9 Å². The van der Waals surface area contributed by atoms with Crippen LogP contribution in [0.3, 0.4) is 0 Å². The first-order valence-corrected chi connectivity index (χ1v) is 7.61. The number of carbonyl (C=O) groups excluding carboxylic acids is 1. The Kier molecular flexibility index (Phi) is 4.16. The van der Waals surface area contributed by atoms with Gasteiger partial charge in [-0.3, -0.25) is 4.79 Å². The van der Waals surface area contributed by atoms with Crippen LogP contribution in [0.1, 0.15) is 21.6 Å². The number of aromatic nitrogens is 1. The molecule has 22 heavy (non-hydrogen) atoms. The number of H-pyrrole nitrogens is 1. The molecule has 112 valence electrons. The van der Waals surface area contributed by atoms with Gasteiger partial charge in [-0.25, -0.2) is 0 Å². The molecule has 1 aromatic heterocycles. The zero-order valence-electron chi connectivity index (χ0n) is 12.3. The minimum Gasteiger partial charge on any atom is -0.350 e. The average Bonchev–Trinajstić information content (AvgIpc) is 2.90. The van der Waals surface area contributed by atoms with Crippen LogP contribution in [0.5, 0.6) is 0 Å². The highest BCUT2D eigenvalue weighted by atomic mass is 35.5. The van der Waals surface area contributed by atoms with E-state index in [1.54, 1.807) is 0 Å². The second-order valence-corrected chi connectivity index (χ2v) is 5.85. The summed E-state index contributed by atoms with van der Waals surface area (Å²) in [5, 5.41) is 4.57. The number of rotatable bonds is 4. The van der Waals surface area contributed by atoms with Gasteiger partial charge in [-0.05, 0) is 37.1 Å². The van der Waals surface area contributed by atoms with Crippen LogP contribution in [0.25, 0.3) is 10.9 Å². The summed E-state index contributed by atoms with van der Waals surface area (Å²) in [7, 11) is 0. The lowest BCUT2D eigenvalue weighted by Gasteiger charge is -2.04. The van der Waals surface area contributed by atoms with Crippen molar-refractivity contribution in [2.75, 3.05) is 6.54 Å². The normalized spacial score (nSPS) is 10.8. The number of benzene rings is 2. The molecule has 0 spiro atoms. The van der Waals surface area contributed by atoms with E-state index in [0.29, 0.717) is 17.3 Å². The van der Waals surface area contributed by atoms with Crippen LogP contribution in [0, 0.1) is 6.92 Å². The van der Waals surface area contributed by atoms with Crippen LogP contribution < -0.4 is 5.32 Å². The zero-order valence-corrected chi connectivity index (χ0v) is 13.1. The van der Waals surface area contributed by atoms with Gasteiger partial charge in [0.15, 0.2) is 0 Å². The predicted molar refractivity (Wildman–Crippen MR) is 90.5 cm³/mol. The number of fused-ring (bicyclic) bond motifs is 1. The molecule has 1 amide bonds. The molecule has 0 aliphatic rings. The number of aryl methyl sites for hydroxylation is 1. The third kappa shape index (κ3) is 3.31. The highest BCUT2D eigenvalue weighted by molar-refractivity contribution is 6.31. The summed E-state index contributed by atoms with van der Waals surface area (Å²) in [5.74, 6) is -0.0972. The third-order valence-electron chi connectivity index (χ3n) is 3.61. The first-order chi connectivity index (χ1) is 10.6. The van der Waals surface area contributed by atoms with Crippen molar-refractivity contribution < 1.29 is 4.79 Å². The second kappa shape index (κ2) is 6.24. The van der Waals surface area contributed by atoms with Crippen LogP contribution >= 0.6 is 11.6 Å². The van der Waals surface area contributed by atoms with E-state index in [1.807, 2.05) is 30.3 Å². The molecule has 3 rings (SSSR count). The van der Waals surface area contributed by atoms with Gasteiger partial charge in [0.1, 0.15) is 5.69 Å². The van der Waals surface area contributed by atoms with E-state index in [2.05, 4.69) is 35.4 Å². The molecule has 0 aliphatic heterocycles. The zero-order chi connectivity index (χ0) is 15.5. The van der Waals surface area contributed by atoms with Gasteiger partial charge in [0.2, 0.25) is 0 Å². The van der Waals surface area contributed by atoms with Crippen LogP contribution in [0.15, 0.2) is 48.5 Å². The largest absolute Gasteiger partial charge is 0.350 e. The van der Waals surface area contributed by atoms with Crippen molar-refractivity contribution in [2.45, 2.75) is 13.3 Å². The quantitative estimate of drug-likeness (QED) is 0.748. The fourth-order valence-corrected chi connectivity index (χ4v) is 2.68. The molecular weight excluding hydrogens is 296 g/mol. The Morgan fingerprint density at radius 1 is 1.18 bits per heavy atom. The van der Waals surface area contributed by atoms with Gasteiger partial charge >= 0.3 is 0 Å². The van der Waals surface area contributed by atoms with Crippen LogP contribution in [-0.2, 0) is 6.42 Å². The second-order valence-electron chi connectivity index (χ2n) is 5.41. The highest BCUT2D eigenvalue weighted by Gasteiger charge is 2.09. The van der Waals surface area contributed by atoms with Crippen molar-refractivity contribution in [1.82, 2.24) is 10.3 Å². The van der Waals surface area contributed by atoms with Crippen molar-refractivity contribution in [3.63, 3.8) is 0 Å². The van der Waals surface area contributed by atoms with Crippen LogP contribution in [-0.4, -0.2) is 17.4 Å². The summed E-state index contributed by atoms with van der Waals surface area (Å²) in [6.07, 6.45) is 0.819. The predicted octanol–water partition coefficient (Wildman–Crippen LogP) is 4.10. The van der Waals surface area contributed by atoms with Crippen molar-refractivity contribution in [3.8, 4) is 0 Å². The third-order valence-corrected chi connectivity index (χ3v) is 3.85. The summed E-state index contributed by atoms with van der Waals surface area (Å²) < 4.78 is 0. The van der Waals surface area contributed by atoms with Gasteiger partial charge in [-0.15, -0.1) is 0 Å². The molecule has 1 heterocycles. The number of carbonyl (C=O) groups is 1. The number of hydrogen-bond acceptors (Lipinski definition) is 1. The maximum atomic E-state index is 12.2. The van der Waals surface area contributed by atoms with E-state index in [4.69, 9.17) is 11.6 Å². The number of amides is 1. The molecule has 2 N–H and O–H groups in total. The van der Waals surface area contributed by atoms with Crippen molar-refractivity contribution in [2.24, 2.45) is 0 Å². The van der Waals surface area contributed by atoms with Gasteiger partial charge in [0, 0.05) is 22.5 Å². The number of aromatic amines is 1. The standard InChI is InChI=1S/C18H17ClN2O/c1-12-3-2-4-13(9-12)7-8-20-18(22)17-10-14-5-6-15(19)11-16(14)21-17/h2-6,9-11,21H,7-8H2,1H3,(H,20,22). The van der Waals surface area contributed by atoms with Gasteiger partial charge in [0.25, 0.3) is 5.91 Å². The number of nitrogens with one attached hydrogen (secondary N) is 2. The molecule has 0 unspecified atom stereocenters. The first-order valence-electron chi connectivity index (χ1n) is 7.24. The Hall–Kier alpha value is -2.26. The summed E-state index contributed by atoms with van der Waals surface area (Å²) in [6, 6.07) is 15.7. The van der Waals surface area contributed by atoms with E-state index < -0.39 is 0 Å². The van der Waals surface area contributed by atoms with Crippen LogP contribution in [0.4, 0.5) is 0 Å². The molecule has 3 aromatic rings. The van der Waals surface area contributed by atoms with E-state index >= 15 is 0 Å². The van der Waals surface area contributed by atoms with Crippen LogP contribution in [0.2, 0.25) is 5.02 Å². The maximum absolute atomic E-state index is 12.2. The first kappa shape index (κ1) is 14.7. The van der Waals surface area contributed by atoms with Gasteiger partial charge in [0.05, 0.1) is 0 Å². The van der Waals surface area contributed by atoms with Crippen molar-refractivity contribution in [3.05, 3.63) is 70.4 Å². The molecular formula is C18H17ClN2O. The van der Waals surface area contributed by atoms with Gasteiger partial charge in [-0.2, -0.15) is 0 Å². The SMILES string of the molecule is Cc1cccc(CCNC(=O)c2cc3ccc(Cl)cc3[nH]2)c1. The lowest BCUT2D eigenvalue weighted by Crippen LogP contribution is -2.25. The monoisotopic (exact) mass is 312 g/mol. The average molecular weight is 313 g/mol. The molecule has 0 fully saturated rings.